The molecule has 0 saturated heterocycles. The summed E-state index contributed by atoms with van der Waals surface area (Å²) >= 11 is 0. The van der Waals surface area contributed by atoms with Crippen LogP contribution in [0.4, 0.5) is 22.0 Å². The molecule has 0 aromatic heterocycles. The smallest absolute Gasteiger partial charge is 0.205 e. The van der Waals surface area contributed by atoms with Gasteiger partial charge in [0.1, 0.15) is 11.6 Å². The lowest BCUT2D eigenvalue weighted by Gasteiger charge is -2.38. The maximum atomic E-state index is 14.3. The third-order valence-corrected chi connectivity index (χ3v) is 7.99. The fourth-order valence-electron chi connectivity index (χ4n) is 5.93. The van der Waals surface area contributed by atoms with E-state index >= 15 is 0 Å². The number of benzene rings is 2. The average Bonchev–Trinajstić information content (AvgIpc) is 2.83. The molecular weight excluding hydrogens is 443 g/mol. The van der Waals surface area contributed by atoms with Gasteiger partial charge < -0.3 is 0 Å². The standard InChI is InChI=1S/C29H31F5/c1-2-19-3-5-20(6-4-19)21-7-9-22(10-8-21)23-11-13-24(14-12-23)25-17-27(30)26(28(31)18-25)15-16-29(32,33)34/h11-14,17-22H,2-10H2,1H3. The maximum absolute atomic E-state index is 14.3. The predicted octanol–water partition coefficient (Wildman–Crippen LogP) is 9.04. The Morgan fingerprint density at radius 3 is 1.79 bits per heavy atom. The highest BCUT2D eigenvalue weighted by Gasteiger charge is 2.31. The summed E-state index contributed by atoms with van der Waals surface area (Å²) in [6.07, 6.45) is 6.94. The molecule has 0 N–H and O–H groups in total. The summed E-state index contributed by atoms with van der Waals surface area (Å²) in [5.41, 5.74) is 1.28. The van der Waals surface area contributed by atoms with E-state index in [1.165, 1.54) is 63.4 Å². The Balaban J connectivity index is 1.39. The van der Waals surface area contributed by atoms with Crippen LogP contribution in [-0.4, -0.2) is 6.18 Å². The van der Waals surface area contributed by atoms with Crippen molar-refractivity contribution in [2.75, 3.05) is 0 Å². The lowest BCUT2D eigenvalue weighted by molar-refractivity contribution is -0.0696. The Morgan fingerprint density at radius 1 is 0.765 bits per heavy atom. The molecule has 2 fully saturated rings. The molecule has 182 valence electrons. The molecule has 0 spiro atoms. The highest BCUT2D eigenvalue weighted by Crippen LogP contribution is 2.44. The monoisotopic (exact) mass is 474 g/mol. The van der Waals surface area contributed by atoms with Crippen LogP contribution >= 0.6 is 0 Å². The Morgan fingerprint density at radius 2 is 1.29 bits per heavy atom. The highest BCUT2D eigenvalue weighted by atomic mass is 19.4. The normalized spacial score (nSPS) is 25.5. The molecule has 0 aliphatic heterocycles. The van der Waals surface area contributed by atoms with Crippen LogP contribution in [0.15, 0.2) is 36.4 Å². The molecule has 0 atom stereocenters. The van der Waals surface area contributed by atoms with Crippen LogP contribution in [0, 0.1) is 41.2 Å². The van der Waals surface area contributed by atoms with E-state index in [-0.39, 0.29) is 5.56 Å². The summed E-state index contributed by atoms with van der Waals surface area (Å²) in [6, 6.07) is 9.78. The quantitative estimate of drug-likeness (QED) is 0.306. The lowest BCUT2D eigenvalue weighted by atomic mass is 9.68. The molecule has 4 rings (SSSR count). The van der Waals surface area contributed by atoms with E-state index in [0.29, 0.717) is 11.5 Å². The van der Waals surface area contributed by atoms with Gasteiger partial charge in [0.25, 0.3) is 0 Å². The van der Waals surface area contributed by atoms with Crippen molar-refractivity contribution < 1.29 is 22.0 Å². The number of alkyl halides is 3. The number of rotatable bonds is 4. The Kier molecular flexibility index (Phi) is 7.65. The van der Waals surface area contributed by atoms with Gasteiger partial charge in [-0.1, -0.05) is 56.4 Å². The molecule has 5 heteroatoms. The van der Waals surface area contributed by atoms with Gasteiger partial charge in [-0.05, 0) is 91.0 Å². The zero-order chi connectivity index (χ0) is 24.3. The molecule has 2 aliphatic carbocycles. The third-order valence-electron chi connectivity index (χ3n) is 7.99. The summed E-state index contributed by atoms with van der Waals surface area (Å²) in [4.78, 5) is 0. The summed E-state index contributed by atoms with van der Waals surface area (Å²) in [5, 5.41) is 0. The fraction of sp³-hybridized carbons (Fsp3) is 0.517. The van der Waals surface area contributed by atoms with Crippen LogP contribution in [0.25, 0.3) is 11.1 Å². The van der Waals surface area contributed by atoms with Gasteiger partial charge in [-0.3, -0.25) is 0 Å². The second-order valence-electron chi connectivity index (χ2n) is 9.99. The van der Waals surface area contributed by atoms with E-state index in [1.54, 1.807) is 5.92 Å². The minimum Gasteiger partial charge on any atom is -0.205 e. The van der Waals surface area contributed by atoms with Crippen molar-refractivity contribution in [2.45, 2.75) is 76.8 Å². The first-order valence-electron chi connectivity index (χ1n) is 12.4. The van der Waals surface area contributed by atoms with Gasteiger partial charge in [-0.2, -0.15) is 13.2 Å². The minimum absolute atomic E-state index is 0.283. The maximum Gasteiger partial charge on any atom is 0.458 e. The topological polar surface area (TPSA) is 0 Å². The molecule has 0 heterocycles. The second kappa shape index (κ2) is 10.5. The molecule has 2 aliphatic rings. The van der Waals surface area contributed by atoms with Crippen LogP contribution < -0.4 is 0 Å². The third kappa shape index (κ3) is 6.01. The molecule has 2 aromatic rings. The molecule has 0 unspecified atom stereocenters. The van der Waals surface area contributed by atoms with Crippen molar-refractivity contribution in [1.29, 1.82) is 0 Å². The van der Waals surface area contributed by atoms with Crippen LogP contribution in [-0.2, 0) is 0 Å². The van der Waals surface area contributed by atoms with Gasteiger partial charge in [-0.25, -0.2) is 8.78 Å². The summed E-state index contributed by atoms with van der Waals surface area (Å²) in [6.45, 7) is 2.30. The second-order valence-corrected chi connectivity index (χ2v) is 9.99. The molecule has 0 nitrogen and oxygen atoms in total. The Bertz CT molecular complexity index is 1000. The molecule has 0 radical (unpaired) electrons. The minimum atomic E-state index is -4.80. The molecule has 0 bridgehead atoms. The number of hydrogen-bond acceptors (Lipinski definition) is 0. The predicted molar refractivity (Wildman–Crippen MR) is 125 cm³/mol. The largest absolute Gasteiger partial charge is 0.458 e. The molecule has 34 heavy (non-hydrogen) atoms. The van der Waals surface area contributed by atoms with Crippen molar-refractivity contribution in [2.24, 2.45) is 17.8 Å². The van der Waals surface area contributed by atoms with Crippen molar-refractivity contribution in [1.82, 2.24) is 0 Å². The molecule has 2 saturated carbocycles. The van der Waals surface area contributed by atoms with Gasteiger partial charge in [0.15, 0.2) is 0 Å². The van der Waals surface area contributed by atoms with E-state index in [2.05, 4.69) is 6.92 Å². The van der Waals surface area contributed by atoms with Crippen molar-refractivity contribution in [3.05, 3.63) is 59.2 Å². The van der Waals surface area contributed by atoms with E-state index in [4.69, 9.17) is 0 Å². The lowest BCUT2D eigenvalue weighted by Crippen LogP contribution is -2.25. The molecule has 0 amide bonds. The van der Waals surface area contributed by atoms with Crippen molar-refractivity contribution in [3.63, 3.8) is 0 Å². The van der Waals surface area contributed by atoms with Crippen LogP contribution in [0.5, 0.6) is 0 Å². The van der Waals surface area contributed by atoms with E-state index in [0.717, 1.165) is 35.8 Å². The van der Waals surface area contributed by atoms with Crippen LogP contribution in [0.2, 0.25) is 0 Å². The van der Waals surface area contributed by atoms with E-state index in [9.17, 15) is 22.0 Å². The Labute approximate surface area is 199 Å². The number of halogens is 5. The van der Waals surface area contributed by atoms with Gasteiger partial charge in [0.05, 0.1) is 5.56 Å². The number of hydrogen-bond donors (Lipinski definition) is 0. The zero-order valence-electron chi connectivity index (χ0n) is 19.5. The highest BCUT2D eigenvalue weighted by molar-refractivity contribution is 5.65. The van der Waals surface area contributed by atoms with Gasteiger partial charge >= 0.3 is 6.18 Å². The van der Waals surface area contributed by atoms with E-state index < -0.39 is 23.4 Å². The summed E-state index contributed by atoms with van der Waals surface area (Å²) < 4.78 is 65.3. The van der Waals surface area contributed by atoms with Gasteiger partial charge in [-0.15, -0.1) is 0 Å². The van der Waals surface area contributed by atoms with E-state index in [1.807, 2.05) is 24.3 Å². The van der Waals surface area contributed by atoms with Gasteiger partial charge in [0, 0.05) is 5.92 Å². The first kappa shape index (κ1) is 24.8. The fourth-order valence-corrected chi connectivity index (χ4v) is 5.93. The Hall–Kier alpha value is -2.35. The first-order valence-corrected chi connectivity index (χ1v) is 12.4. The molecular formula is C29H31F5. The molecule has 2 aromatic carbocycles. The summed E-state index contributed by atoms with van der Waals surface area (Å²) in [7, 11) is 0. The van der Waals surface area contributed by atoms with Crippen LogP contribution in [0.3, 0.4) is 0 Å². The van der Waals surface area contributed by atoms with Crippen LogP contribution in [0.1, 0.15) is 81.8 Å². The first-order chi connectivity index (χ1) is 16.2. The van der Waals surface area contributed by atoms with Gasteiger partial charge in [0.2, 0.25) is 0 Å². The van der Waals surface area contributed by atoms with Crippen molar-refractivity contribution in [3.8, 4) is 23.0 Å². The van der Waals surface area contributed by atoms with Crippen molar-refractivity contribution >= 4 is 0 Å². The summed E-state index contributed by atoms with van der Waals surface area (Å²) in [5.74, 6) is 3.46. The zero-order valence-corrected chi connectivity index (χ0v) is 19.5. The average molecular weight is 475 g/mol. The SMILES string of the molecule is CCC1CCC(C2CCC(c3ccc(-c4cc(F)c(C#CC(F)(F)F)c(F)c4)cc3)CC2)CC1.